The van der Waals surface area contributed by atoms with Crippen molar-refractivity contribution < 1.29 is 17.6 Å². The van der Waals surface area contributed by atoms with Crippen LogP contribution in [0.1, 0.15) is 36.5 Å². The first-order chi connectivity index (χ1) is 13.3. The molecule has 2 heterocycles. The Morgan fingerprint density at radius 1 is 1.07 bits per heavy atom. The van der Waals surface area contributed by atoms with Gasteiger partial charge in [0, 0.05) is 34.3 Å². The minimum atomic E-state index is -4.69. The van der Waals surface area contributed by atoms with Gasteiger partial charge in [-0.05, 0) is 30.5 Å². The Morgan fingerprint density at radius 2 is 1.79 bits per heavy atom. The van der Waals surface area contributed by atoms with Crippen molar-refractivity contribution >= 4 is 23.2 Å². The van der Waals surface area contributed by atoms with Gasteiger partial charge in [0.25, 0.3) is 5.89 Å². The smallest absolute Gasteiger partial charge is 0.413 e. The summed E-state index contributed by atoms with van der Waals surface area (Å²) in [5.74, 6) is -1.12. The zero-order chi connectivity index (χ0) is 19.9. The molecule has 1 fully saturated rings. The second-order valence-electron chi connectivity index (χ2n) is 6.73. The molecule has 0 spiro atoms. The zero-order valence-corrected chi connectivity index (χ0v) is 15.8. The van der Waals surface area contributed by atoms with Gasteiger partial charge in [0.1, 0.15) is 5.82 Å². The molecule has 146 valence electrons. The minimum absolute atomic E-state index is 0.170. The molecular weight excluding hydrogens is 416 g/mol. The van der Waals surface area contributed by atoms with Crippen molar-refractivity contribution in [1.82, 2.24) is 20.2 Å². The van der Waals surface area contributed by atoms with Crippen LogP contribution in [0.15, 0.2) is 35.0 Å². The lowest BCUT2D eigenvalue weighted by atomic mass is 9.62. The van der Waals surface area contributed by atoms with E-state index in [1.54, 1.807) is 12.1 Å². The maximum Gasteiger partial charge on any atom is 0.470 e. The molecule has 2 aromatic heterocycles. The fourth-order valence-corrected chi connectivity index (χ4v) is 3.99. The van der Waals surface area contributed by atoms with E-state index in [9.17, 15) is 13.2 Å². The van der Waals surface area contributed by atoms with Gasteiger partial charge in [0.2, 0.25) is 0 Å². The molecule has 5 nitrogen and oxygen atoms in total. The van der Waals surface area contributed by atoms with Crippen LogP contribution in [0, 0.1) is 0 Å². The van der Waals surface area contributed by atoms with Crippen LogP contribution in [0.25, 0.3) is 11.5 Å². The highest BCUT2D eigenvalue weighted by Gasteiger charge is 2.41. The molecule has 1 aromatic carbocycles. The summed E-state index contributed by atoms with van der Waals surface area (Å²) in [6, 6.07) is 5.45. The lowest BCUT2D eigenvalue weighted by molar-refractivity contribution is -0.156. The van der Waals surface area contributed by atoms with Crippen LogP contribution >= 0.6 is 23.2 Å². The fraction of sp³-hybridized carbons (Fsp3) is 0.333. The van der Waals surface area contributed by atoms with Gasteiger partial charge in [-0.2, -0.15) is 13.2 Å². The molecule has 0 bridgehead atoms. The van der Waals surface area contributed by atoms with Crippen molar-refractivity contribution in [3.8, 4) is 11.5 Å². The minimum Gasteiger partial charge on any atom is -0.413 e. The van der Waals surface area contributed by atoms with Crippen LogP contribution in [-0.2, 0) is 18.0 Å². The SMILES string of the molecule is FC(F)(F)c1nnc(-c2cnc(CC3(c4ccc(Cl)cc4Cl)CCC3)nc2)o1. The van der Waals surface area contributed by atoms with Gasteiger partial charge < -0.3 is 4.42 Å². The normalized spacial score (nSPS) is 16.0. The average Bonchev–Trinajstić information content (AvgIpc) is 3.10. The predicted octanol–water partition coefficient (Wildman–Crippen LogP) is 5.52. The molecule has 10 heteroatoms. The van der Waals surface area contributed by atoms with E-state index in [-0.39, 0.29) is 16.9 Å². The molecule has 4 rings (SSSR count). The first kappa shape index (κ1) is 19.1. The largest absolute Gasteiger partial charge is 0.470 e. The molecule has 1 aliphatic rings. The molecule has 0 amide bonds. The Kier molecular flexibility index (Phi) is 4.79. The van der Waals surface area contributed by atoms with E-state index in [1.807, 2.05) is 6.07 Å². The molecule has 1 aliphatic carbocycles. The Bertz CT molecular complexity index is 1000. The van der Waals surface area contributed by atoms with Crippen LogP contribution in [-0.4, -0.2) is 20.2 Å². The summed E-state index contributed by atoms with van der Waals surface area (Å²) < 4.78 is 42.4. The van der Waals surface area contributed by atoms with Gasteiger partial charge in [-0.3, -0.25) is 0 Å². The summed E-state index contributed by atoms with van der Waals surface area (Å²) >= 11 is 12.4. The topological polar surface area (TPSA) is 64.7 Å². The molecular formula is C18H13Cl2F3N4O. The Morgan fingerprint density at radius 3 is 2.32 bits per heavy atom. The van der Waals surface area contributed by atoms with Crippen molar-refractivity contribution in [3.05, 3.63) is 57.9 Å². The molecule has 0 radical (unpaired) electrons. The van der Waals surface area contributed by atoms with Gasteiger partial charge in [-0.25, -0.2) is 9.97 Å². The zero-order valence-electron chi connectivity index (χ0n) is 14.3. The summed E-state index contributed by atoms with van der Waals surface area (Å²) in [5.41, 5.74) is 1.06. The van der Waals surface area contributed by atoms with E-state index in [2.05, 4.69) is 24.6 Å². The number of benzene rings is 1. The van der Waals surface area contributed by atoms with Crippen LogP contribution < -0.4 is 0 Å². The average molecular weight is 429 g/mol. The molecule has 0 unspecified atom stereocenters. The molecule has 0 aliphatic heterocycles. The van der Waals surface area contributed by atoms with E-state index < -0.39 is 12.1 Å². The van der Waals surface area contributed by atoms with E-state index in [0.29, 0.717) is 22.3 Å². The van der Waals surface area contributed by atoms with Gasteiger partial charge in [0.05, 0.1) is 5.56 Å². The number of nitrogens with zero attached hydrogens (tertiary/aromatic N) is 4. The van der Waals surface area contributed by atoms with E-state index in [1.165, 1.54) is 12.4 Å². The Labute approximate surface area is 167 Å². The third-order valence-electron chi connectivity index (χ3n) is 4.93. The molecule has 0 atom stereocenters. The van der Waals surface area contributed by atoms with Crippen molar-refractivity contribution in [2.75, 3.05) is 0 Å². The van der Waals surface area contributed by atoms with Crippen molar-refractivity contribution in [3.63, 3.8) is 0 Å². The van der Waals surface area contributed by atoms with Gasteiger partial charge in [0.15, 0.2) is 0 Å². The highest BCUT2D eigenvalue weighted by molar-refractivity contribution is 6.35. The van der Waals surface area contributed by atoms with Crippen molar-refractivity contribution in [2.24, 2.45) is 0 Å². The lowest BCUT2D eigenvalue weighted by Crippen LogP contribution is -2.37. The fourth-order valence-electron chi connectivity index (χ4n) is 3.38. The summed E-state index contributed by atoms with van der Waals surface area (Å²) in [7, 11) is 0. The van der Waals surface area contributed by atoms with Gasteiger partial charge >= 0.3 is 12.1 Å². The number of halogens is 5. The second kappa shape index (κ2) is 7.00. The van der Waals surface area contributed by atoms with Crippen molar-refractivity contribution in [2.45, 2.75) is 37.3 Å². The van der Waals surface area contributed by atoms with E-state index in [0.717, 1.165) is 24.8 Å². The number of hydrogen-bond acceptors (Lipinski definition) is 5. The predicted molar refractivity (Wildman–Crippen MR) is 96.0 cm³/mol. The molecule has 0 saturated heterocycles. The van der Waals surface area contributed by atoms with Crippen LogP contribution in [0.3, 0.4) is 0 Å². The van der Waals surface area contributed by atoms with E-state index >= 15 is 0 Å². The third-order valence-corrected chi connectivity index (χ3v) is 5.48. The van der Waals surface area contributed by atoms with Crippen LogP contribution in [0.5, 0.6) is 0 Å². The first-order valence-corrected chi connectivity index (χ1v) is 9.20. The Hall–Kier alpha value is -2.19. The first-order valence-electron chi connectivity index (χ1n) is 8.44. The summed E-state index contributed by atoms with van der Waals surface area (Å²) in [6.07, 6.45) is 1.58. The van der Waals surface area contributed by atoms with Crippen LogP contribution in [0.2, 0.25) is 10.0 Å². The maximum absolute atomic E-state index is 12.6. The standard InChI is InChI=1S/C18H13Cl2F3N4O/c19-11-2-3-12(13(20)6-11)17(4-1-5-17)7-14-24-8-10(9-25-14)15-26-27-16(28-15)18(21,22)23/h2-3,6,8-9H,1,4-5,7H2. The van der Waals surface area contributed by atoms with Crippen LogP contribution in [0.4, 0.5) is 13.2 Å². The summed E-state index contributed by atoms with van der Waals surface area (Å²) in [4.78, 5) is 8.55. The number of rotatable bonds is 4. The lowest BCUT2D eigenvalue weighted by Gasteiger charge is -2.42. The highest BCUT2D eigenvalue weighted by Crippen LogP contribution is 2.48. The number of aromatic nitrogens is 4. The molecule has 0 N–H and O–H groups in total. The number of alkyl halides is 3. The summed E-state index contributed by atoms with van der Waals surface area (Å²) in [6.45, 7) is 0. The molecule has 28 heavy (non-hydrogen) atoms. The molecule has 3 aromatic rings. The van der Waals surface area contributed by atoms with E-state index in [4.69, 9.17) is 23.2 Å². The van der Waals surface area contributed by atoms with Crippen molar-refractivity contribution in [1.29, 1.82) is 0 Å². The number of hydrogen-bond donors (Lipinski definition) is 0. The Balaban J connectivity index is 1.56. The van der Waals surface area contributed by atoms with Gasteiger partial charge in [-0.1, -0.05) is 35.7 Å². The second-order valence-corrected chi connectivity index (χ2v) is 7.58. The monoisotopic (exact) mass is 428 g/mol. The summed E-state index contributed by atoms with van der Waals surface area (Å²) in [5, 5.41) is 7.58. The maximum atomic E-state index is 12.6. The highest BCUT2D eigenvalue weighted by atomic mass is 35.5. The van der Waals surface area contributed by atoms with Gasteiger partial charge in [-0.15, -0.1) is 10.2 Å². The third kappa shape index (κ3) is 3.58. The molecule has 1 saturated carbocycles. The quantitative estimate of drug-likeness (QED) is 0.547.